The van der Waals surface area contributed by atoms with E-state index < -0.39 is 12.7 Å². The molecule has 2 N–H and O–H groups in total. The van der Waals surface area contributed by atoms with Crippen LogP contribution >= 0.6 is 15.9 Å². The topological polar surface area (TPSA) is 35.9 Å². The molecule has 0 heterocycles. The fraction of sp³-hybridized carbons (Fsp3) is 0.222. The van der Waals surface area contributed by atoms with Crippen molar-refractivity contribution in [3.05, 3.63) is 28.2 Å². The lowest BCUT2D eigenvalue weighted by Gasteiger charge is -2.11. The van der Waals surface area contributed by atoms with Gasteiger partial charge in [-0.15, -0.1) is 0 Å². The van der Waals surface area contributed by atoms with Crippen molar-refractivity contribution in [3.63, 3.8) is 0 Å². The minimum absolute atomic E-state index is 0.297. The Morgan fingerprint density at radius 1 is 1.40 bits per heavy atom. The third kappa shape index (κ3) is 3.91. The van der Waals surface area contributed by atoms with Crippen molar-refractivity contribution in [1.82, 2.24) is 0 Å². The van der Waals surface area contributed by atoms with Gasteiger partial charge in [-0.3, -0.25) is 0 Å². The molecule has 0 aromatic heterocycles. The third-order valence-corrected chi connectivity index (χ3v) is 2.14. The van der Waals surface area contributed by atoms with Gasteiger partial charge in [-0.05, 0) is 18.2 Å². The lowest BCUT2D eigenvalue weighted by molar-refractivity contribution is -0.115. The highest BCUT2D eigenvalue weighted by molar-refractivity contribution is 9.10. The van der Waals surface area contributed by atoms with Crippen LogP contribution in [-0.2, 0) is 0 Å². The van der Waals surface area contributed by atoms with E-state index in [0.717, 1.165) is 10.7 Å². The summed E-state index contributed by atoms with van der Waals surface area (Å²) < 4.78 is 36.5. The minimum Gasteiger partial charge on any atom is -0.376 e. The number of alkyl halides is 3. The Morgan fingerprint density at radius 3 is 2.60 bits per heavy atom. The van der Waals surface area contributed by atoms with E-state index in [1.54, 1.807) is 12.1 Å². The maximum Gasteiger partial charge on any atom is 0.405 e. The summed E-state index contributed by atoms with van der Waals surface area (Å²) >= 11 is 3.17. The standard InChI is InChI=1S/C9H8BrF3N2/c10-7-1-2-8(6(3-7)4-14)15-5-9(11,12)13/h1-4,14-15H,5H2. The molecule has 1 rings (SSSR count). The lowest BCUT2D eigenvalue weighted by atomic mass is 10.2. The first-order valence-corrected chi connectivity index (χ1v) is 4.82. The van der Waals surface area contributed by atoms with E-state index in [-0.39, 0.29) is 0 Å². The molecule has 0 bridgehead atoms. The Bertz CT molecular complexity index is 363. The van der Waals surface area contributed by atoms with Gasteiger partial charge in [-0.1, -0.05) is 15.9 Å². The fourth-order valence-corrected chi connectivity index (χ4v) is 1.39. The number of hydrogen-bond acceptors (Lipinski definition) is 2. The fourth-order valence-electron chi connectivity index (χ4n) is 1.01. The Kier molecular flexibility index (Phi) is 3.73. The number of halogens is 4. The van der Waals surface area contributed by atoms with Gasteiger partial charge in [0.15, 0.2) is 0 Å². The minimum atomic E-state index is -4.26. The number of rotatable bonds is 3. The molecule has 0 spiro atoms. The van der Waals surface area contributed by atoms with E-state index >= 15 is 0 Å². The van der Waals surface area contributed by atoms with Crippen LogP contribution in [0, 0.1) is 5.41 Å². The maximum atomic E-state index is 11.9. The van der Waals surface area contributed by atoms with Gasteiger partial charge >= 0.3 is 6.18 Å². The van der Waals surface area contributed by atoms with Crippen LogP contribution in [0.25, 0.3) is 0 Å². The largest absolute Gasteiger partial charge is 0.405 e. The molecular weight excluding hydrogens is 273 g/mol. The van der Waals surface area contributed by atoms with E-state index in [0.29, 0.717) is 11.3 Å². The van der Waals surface area contributed by atoms with Crippen molar-refractivity contribution < 1.29 is 13.2 Å². The van der Waals surface area contributed by atoms with Crippen LogP contribution < -0.4 is 5.32 Å². The number of hydrogen-bond donors (Lipinski definition) is 2. The average Bonchev–Trinajstić information content (AvgIpc) is 2.14. The highest BCUT2D eigenvalue weighted by Gasteiger charge is 2.26. The maximum absolute atomic E-state index is 11.9. The van der Waals surface area contributed by atoms with Gasteiger partial charge in [0.1, 0.15) is 6.54 Å². The van der Waals surface area contributed by atoms with Crippen molar-refractivity contribution in [3.8, 4) is 0 Å². The molecule has 0 fully saturated rings. The summed E-state index contributed by atoms with van der Waals surface area (Å²) in [6.45, 7) is -1.10. The van der Waals surface area contributed by atoms with Crippen LogP contribution in [0.5, 0.6) is 0 Å². The monoisotopic (exact) mass is 280 g/mol. The van der Waals surface area contributed by atoms with E-state index in [2.05, 4.69) is 21.2 Å². The number of anilines is 1. The average molecular weight is 281 g/mol. The highest BCUT2D eigenvalue weighted by Crippen LogP contribution is 2.21. The van der Waals surface area contributed by atoms with Gasteiger partial charge in [0.25, 0.3) is 0 Å². The zero-order chi connectivity index (χ0) is 11.5. The van der Waals surface area contributed by atoms with E-state index in [1.165, 1.54) is 6.07 Å². The normalized spacial score (nSPS) is 11.2. The van der Waals surface area contributed by atoms with Crippen molar-refractivity contribution in [2.75, 3.05) is 11.9 Å². The Hall–Kier alpha value is -1.04. The van der Waals surface area contributed by atoms with E-state index in [1.807, 2.05) is 0 Å². The second-order valence-corrected chi connectivity index (χ2v) is 3.76. The smallest absolute Gasteiger partial charge is 0.376 e. The SMILES string of the molecule is N=Cc1cc(Br)ccc1NCC(F)(F)F. The van der Waals surface area contributed by atoms with Gasteiger partial charge < -0.3 is 10.7 Å². The molecule has 0 aliphatic carbocycles. The first-order valence-electron chi connectivity index (χ1n) is 4.03. The molecule has 0 saturated heterocycles. The summed E-state index contributed by atoms with van der Waals surface area (Å²) in [5, 5.41) is 9.28. The van der Waals surface area contributed by atoms with Gasteiger partial charge in [0, 0.05) is 21.9 Å². The zero-order valence-electron chi connectivity index (χ0n) is 7.53. The predicted octanol–water partition coefficient (Wildman–Crippen LogP) is 3.42. The second kappa shape index (κ2) is 4.65. The van der Waals surface area contributed by atoms with Crippen LogP contribution in [0.4, 0.5) is 18.9 Å². The molecule has 0 amide bonds. The van der Waals surface area contributed by atoms with E-state index in [4.69, 9.17) is 5.41 Å². The van der Waals surface area contributed by atoms with E-state index in [9.17, 15) is 13.2 Å². The highest BCUT2D eigenvalue weighted by atomic mass is 79.9. The molecular formula is C9H8BrF3N2. The molecule has 82 valence electrons. The third-order valence-electron chi connectivity index (χ3n) is 1.65. The van der Waals surface area contributed by atoms with Crippen molar-refractivity contribution in [1.29, 1.82) is 5.41 Å². The van der Waals surface area contributed by atoms with Crippen LogP contribution in [0.15, 0.2) is 22.7 Å². The van der Waals surface area contributed by atoms with Gasteiger partial charge in [-0.25, -0.2) is 0 Å². The Morgan fingerprint density at radius 2 is 2.07 bits per heavy atom. The second-order valence-electron chi connectivity index (χ2n) is 2.84. The number of benzene rings is 1. The molecule has 1 aromatic rings. The summed E-state index contributed by atoms with van der Waals surface area (Å²) in [7, 11) is 0. The first-order chi connectivity index (χ1) is 6.92. The van der Waals surface area contributed by atoms with Gasteiger partial charge in [0.05, 0.1) is 0 Å². The Balaban J connectivity index is 2.81. The molecule has 0 radical (unpaired) electrons. The van der Waals surface area contributed by atoms with Crippen molar-refractivity contribution in [2.45, 2.75) is 6.18 Å². The number of nitrogens with one attached hydrogen (secondary N) is 2. The Labute approximate surface area is 93.1 Å². The van der Waals surface area contributed by atoms with Crippen LogP contribution in [0.2, 0.25) is 0 Å². The lowest BCUT2D eigenvalue weighted by Crippen LogP contribution is -2.21. The van der Waals surface area contributed by atoms with Crippen molar-refractivity contribution in [2.24, 2.45) is 0 Å². The quantitative estimate of drug-likeness (QED) is 0.818. The van der Waals surface area contributed by atoms with Crippen molar-refractivity contribution >= 4 is 27.8 Å². The predicted molar refractivity (Wildman–Crippen MR) is 56.6 cm³/mol. The molecule has 0 saturated carbocycles. The first kappa shape index (κ1) is 12.0. The zero-order valence-corrected chi connectivity index (χ0v) is 9.11. The van der Waals surface area contributed by atoms with Gasteiger partial charge in [0.2, 0.25) is 0 Å². The molecule has 1 aromatic carbocycles. The molecule has 15 heavy (non-hydrogen) atoms. The van der Waals surface area contributed by atoms with Crippen LogP contribution in [0.1, 0.15) is 5.56 Å². The molecule has 0 unspecified atom stereocenters. The molecule has 0 atom stereocenters. The summed E-state index contributed by atoms with van der Waals surface area (Å²) in [5.74, 6) is 0. The summed E-state index contributed by atoms with van der Waals surface area (Å²) in [4.78, 5) is 0. The molecule has 6 heteroatoms. The molecule has 0 aliphatic rings. The molecule has 2 nitrogen and oxygen atoms in total. The van der Waals surface area contributed by atoms with Crippen LogP contribution in [-0.4, -0.2) is 18.9 Å². The summed E-state index contributed by atoms with van der Waals surface area (Å²) in [6, 6.07) is 4.69. The van der Waals surface area contributed by atoms with Crippen LogP contribution in [0.3, 0.4) is 0 Å². The summed E-state index contributed by atoms with van der Waals surface area (Å²) in [5.41, 5.74) is 0.708. The molecule has 0 aliphatic heterocycles. The van der Waals surface area contributed by atoms with Gasteiger partial charge in [-0.2, -0.15) is 13.2 Å². The summed E-state index contributed by atoms with van der Waals surface area (Å²) in [6.07, 6.45) is -3.25.